The zero-order chi connectivity index (χ0) is 13.9. The van der Waals surface area contributed by atoms with Crippen molar-refractivity contribution in [1.82, 2.24) is 5.32 Å². The Morgan fingerprint density at radius 3 is 2.65 bits per heavy atom. The normalized spacial score (nSPS) is 30.4. The van der Waals surface area contributed by atoms with E-state index in [-0.39, 0.29) is 0 Å². The van der Waals surface area contributed by atoms with Crippen LogP contribution >= 0.6 is 0 Å². The molecule has 3 rings (SSSR count). The second-order valence-corrected chi connectivity index (χ2v) is 6.70. The molecule has 2 heteroatoms. The van der Waals surface area contributed by atoms with Crippen LogP contribution in [0.15, 0.2) is 18.2 Å². The SMILES string of the molecule is Cc1ccc(NC2CCCC2C2CCCCN2)cc1C. The van der Waals surface area contributed by atoms with E-state index >= 15 is 0 Å². The molecule has 0 bridgehead atoms. The van der Waals surface area contributed by atoms with Gasteiger partial charge in [0.2, 0.25) is 0 Å². The molecule has 1 aromatic rings. The van der Waals surface area contributed by atoms with Gasteiger partial charge in [-0.15, -0.1) is 0 Å². The molecule has 20 heavy (non-hydrogen) atoms. The predicted molar refractivity (Wildman–Crippen MR) is 86.3 cm³/mol. The van der Waals surface area contributed by atoms with Crippen LogP contribution < -0.4 is 10.6 Å². The lowest BCUT2D eigenvalue weighted by atomic mass is 9.88. The van der Waals surface area contributed by atoms with Crippen molar-refractivity contribution in [3.63, 3.8) is 0 Å². The summed E-state index contributed by atoms with van der Waals surface area (Å²) in [5, 5.41) is 7.57. The quantitative estimate of drug-likeness (QED) is 0.868. The molecule has 1 heterocycles. The first-order valence-corrected chi connectivity index (χ1v) is 8.31. The van der Waals surface area contributed by atoms with Crippen molar-refractivity contribution in [3.05, 3.63) is 29.3 Å². The Kier molecular flexibility index (Phi) is 4.30. The van der Waals surface area contributed by atoms with Gasteiger partial charge in [0, 0.05) is 17.8 Å². The first-order valence-electron chi connectivity index (χ1n) is 8.31. The average Bonchev–Trinajstić information content (AvgIpc) is 2.92. The first kappa shape index (κ1) is 13.9. The Hall–Kier alpha value is -1.02. The van der Waals surface area contributed by atoms with Gasteiger partial charge in [-0.1, -0.05) is 18.9 Å². The Bertz CT molecular complexity index is 449. The average molecular weight is 272 g/mol. The van der Waals surface area contributed by atoms with Crippen LogP contribution in [0.5, 0.6) is 0 Å². The molecular weight excluding hydrogens is 244 g/mol. The van der Waals surface area contributed by atoms with Gasteiger partial charge in [-0.25, -0.2) is 0 Å². The second-order valence-electron chi connectivity index (χ2n) is 6.70. The molecule has 0 aromatic heterocycles. The topological polar surface area (TPSA) is 24.1 Å². The summed E-state index contributed by atoms with van der Waals surface area (Å²) in [6, 6.07) is 8.19. The van der Waals surface area contributed by atoms with E-state index in [1.807, 2.05) is 0 Å². The summed E-state index contributed by atoms with van der Waals surface area (Å²) in [7, 11) is 0. The number of anilines is 1. The Labute approximate surface area is 123 Å². The maximum atomic E-state index is 3.82. The largest absolute Gasteiger partial charge is 0.382 e. The molecule has 0 radical (unpaired) electrons. The molecule has 1 saturated carbocycles. The first-order chi connectivity index (χ1) is 9.74. The molecule has 2 fully saturated rings. The van der Waals surface area contributed by atoms with Gasteiger partial charge in [0.25, 0.3) is 0 Å². The van der Waals surface area contributed by atoms with Gasteiger partial charge in [0.15, 0.2) is 0 Å². The zero-order valence-corrected chi connectivity index (χ0v) is 12.9. The van der Waals surface area contributed by atoms with Gasteiger partial charge in [-0.05, 0) is 75.3 Å². The highest BCUT2D eigenvalue weighted by molar-refractivity contribution is 5.49. The monoisotopic (exact) mass is 272 g/mol. The molecule has 1 saturated heterocycles. The Balaban J connectivity index is 1.67. The second kappa shape index (κ2) is 6.17. The third-order valence-electron chi connectivity index (χ3n) is 5.29. The molecule has 3 atom stereocenters. The van der Waals surface area contributed by atoms with Crippen molar-refractivity contribution in [2.75, 3.05) is 11.9 Å². The Morgan fingerprint density at radius 1 is 1.00 bits per heavy atom. The van der Waals surface area contributed by atoms with Crippen molar-refractivity contribution in [3.8, 4) is 0 Å². The van der Waals surface area contributed by atoms with Gasteiger partial charge >= 0.3 is 0 Å². The minimum Gasteiger partial charge on any atom is -0.382 e. The Morgan fingerprint density at radius 2 is 1.90 bits per heavy atom. The van der Waals surface area contributed by atoms with Gasteiger partial charge in [0.1, 0.15) is 0 Å². The molecule has 1 aliphatic heterocycles. The van der Waals surface area contributed by atoms with E-state index in [2.05, 4.69) is 42.7 Å². The van der Waals surface area contributed by atoms with Crippen LogP contribution in [0.3, 0.4) is 0 Å². The summed E-state index contributed by atoms with van der Waals surface area (Å²) in [6.07, 6.45) is 8.24. The number of hydrogen-bond acceptors (Lipinski definition) is 2. The van der Waals surface area contributed by atoms with Crippen LogP contribution in [-0.4, -0.2) is 18.6 Å². The van der Waals surface area contributed by atoms with Crippen LogP contribution in [0.2, 0.25) is 0 Å². The third-order valence-corrected chi connectivity index (χ3v) is 5.29. The zero-order valence-electron chi connectivity index (χ0n) is 12.9. The maximum absolute atomic E-state index is 3.82. The van der Waals surface area contributed by atoms with Crippen LogP contribution in [0, 0.1) is 19.8 Å². The highest BCUT2D eigenvalue weighted by Crippen LogP contribution is 2.34. The lowest BCUT2D eigenvalue weighted by molar-refractivity contribution is 0.286. The van der Waals surface area contributed by atoms with Crippen molar-refractivity contribution in [2.45, 2.75) is 64.5 Å². The fraction of sp³-hybridized carbons (Fsp3) is 0.667. The fourth-order valence-electron chi connectivity index (χ4n) is 3.94. The molecule has 0 spiro atoms. The van der Waals surface area contributed by atoms with Crippen molar-refractivity contribution in [1.29, 1.82) is 0 Å². The van der Waals surface area contributed by atoms with Gasteiger partial charge in [-0.3, -0.25) is 0 Å². The van der Waals surface area contributed by atoms with E-state index in [9.17, 15) is 0 Å². The highest BCUT2D eigenvalue weighted by atomic mass is 15.0. The van der Waals surface area contributed by atoms with Crippen LogP contribution in [0.1, 0.15) is 49.7 Å². The molecule has 3 unspecified atom stereocenters. The van der Waals surface area contributed by atoms with E-state index < -0.39 is 0 Å². The van der Waals surface area contributed by atoms with Crippen LogP contribution in [0.4, 0.5) is 5.69 Å². The van der Waals surface area contributed by atoms with E-state index in [4.69, 9.17) is 0 Å². The van der Waals surface area contributed by atoms with Crippen LogP contribution in [-0.2, 0) is 0 Å². The van der Waals surface area contributed by atoms with Crippen molar-refractivity contribution >= 4 is 5.69 Å². The van der Waals surface area contributed by atoms with Crippen molar-refractivity contribution < 1.29 is 0 Å². The number of aryl methyl sites for hydroxylation is 2. The molecule has 2 aliphatic rings. The van der Waals surface area contributed by atoms with E-state index in [0.29, 0.717) is 6.04 Å². The van der Waals surface area contributed by atoms with Crippen molar-refractivity contribution in [2.24, 2.45) is 5.92 Å². The summed E-state index contributed by atoms with van der Waals surface area (Å²) in [5.41, 5.74) is 4.08. The molecule has 1 aliphatic carbocycles. The fourth-order valence-corrected chi connectivity index (χ4v) is 3.94. The minimum absolute atomic E-state index is 0.660. The molecular formula is C18H28N2. The summed E-state index contributed by atoms with van der Waals surface area (Å²) >= 11 is 0. The standard InChI is InChI=1S/C18H28N2/c1-13-9-10-15(12-14(13)2)20-18-8-5-6-16(18)17-7-3-4-11-19-17/h9-10,12,16-20H,3-8,11H2,1-2H3. The van der Waals surface area contributed by atoms with E-state index in [0.717, 1.165) is 12.0 Å². The smallest absolute Gasteiger partial charge is 0.0345 e. The van der Waals surface area contributed by atoms with E-state index in [1.54, 1.807) is 0 Å². The van der Waals surface area contributed by atoms with Crippen LogP contribution in [0.25, 0.3) is 0 Å². The number of hydrogen-bond donors (Lipinski definition) is 2. The minimum atomic E-state index is 0.660. The van der Waals surface area contributed by atoms with E-state index in [1.165, 1.54) is 61.9 Å². The van der Waals surface area contributed by atoms with Gasteiger partial charge < -0.3 is 10.6 Å². The van der Waals surface area contributed by atoms with Gasteiger partial charge in [0.05, 0.1) is 0 Å². The number of rotatable bonds is 3. The maximum Gasteiger partial charge on any atom is 0.0345 e. The molecule has 0 amide bonds. The number of nitrogens with one attached hydrogen (secondary N) is 2. The highest BCUT2D eigenvalue weighted by Gasteiger charge is 2.34. The molecule has 110 valence electrons. The third kappa shape index (κ3) is 3.01. The molecule has 2 nitrogen and oxygen atoms in total. The summed E-state index contributed by atoms with van der Waals surface area (Å²) in [4.78, 5) is 0. The lowest BCUT2D eigenvalue weighted by Crippen LogP contribution is -2.44. The summed E-state index contributed by atoms with van der Waals surface area (Å²) < 4.78 is 0. The lowest BCUT2D eigenvalue weighted by Gasteiger charge is -2.33. The molecule has 2 N–H and O–H groups in total. The number of piperidine rings is 1. The summed E-state index contributed by atoms with van der Waals surface area (Å²) in [5.74, 6) is 0.817. The predicted octanol–water partition coefficient (Wildman–Crippen LogP) is 4.03. The molecule has 1 aromatic carbocycles. The number of benzene rings is 1. The van der Waals surface area contributed by atoms with Gasteiger partial charge in [-0.2, -0.15) is 0 Å². The summed E-state index contributed by atoms with van der Waals surface area (Å²) in [6.45, 7) is 5.61.